The molecule has 0 N–H and O–H groups in total. The molecule has 0 unspecified atom stereocenters. The zero-order valence-corrected chi connectivity index (χ0v) is 13.0. The Bertz CT molecular complexity index is 702. The van der Waals surface area contributed by atoms with Crippen molar-refractivity contribution in [3.8, 4) is 6.07 Å². The molecule has 2 heterocycles. The van der Waals surface area contributed by atoms with Crippen molar-refractivity contribution in [3.05, 3.63) is 53.7 Å². The second kappa shape index (κ2) is 6.07. The zero-order valence-electron chi connectivity index (χ0n) is 13.0. The smallest absolute Gasteiger partial charge is 0.146 e. The molecule has 0 bridgehead atoms. The first kappa shape index (κ1) is 14.4. The first-order valence-corrected chi connectivity index (χ1v) is 7.60. The minimum Gasteiger partial charge on any atom is -0.378 e. The summed E-state index contributed by atoms with van der Waals surface area (Å²) in [6.45, 7) is 0.947. The van der Waals surface area contributed by atoms with Crippen LogP contribution in [0.25, 0.3) is 0 Å². The summed E-state index contributed by atoms with van der Waals surface area (Å²) in [7, 11) is 4.11. The third-order valence-corrected chi connectivity index (χ3v) is 4.20. The predicted octanol–water partition coefficient (Wildman–Crippen LogP) is 3.36. The number of nitriles is 1. The predicted molar refractivity (Wildman–Crippen MR) is 89.0 cm³/mol. The fraction of sp³-hybridized carbons (Fsp3) is 0.333. The average Bonchev–Trinajstić information content (AvgIpc) is 3.04. The lowest BCUT2D eigenvalue weighted by Crippen LogP contribution is -2.24. The van der Waals surface area contributed by atoms with Gasteiger partial charge in [-0.1, -0.05) is 12.1 Å². The minimum absolute atomic E-state index is 0.293. The molecule has 4 nitrogen and oxygen atoms in total. The fourth-order valence-corrected chi connectivity index (χ4v) is 3.09. The molecule has 2 aromatic rings. The third kappa shape index (κ3) is 2.62. The molecule has 4 heteroatoms. The summed E-state index contributed by atoms with van der Waals surface area (Å²) >= 11 is 0. The summed E-state index contributed by atoms with van der Waals surface area (Å²) in [6.07, 6.45) is 3.98. The van der Waals surface area contributed by atoms with Crippen molar-refractivity contribution in [3.63, 3.8) is 0 Å². The van der Waals surface area contributed by atoms with Gasteiger partial charge in [0.25, 0.3) is 0 Å². The maximum absolute atomic E-state index is 9.33. The van der Waals surface area contributed by atoms with Crippen molar-refractivity contribution in [2.45, 2.75) is 18.9 Å². The number of hydrogen-bond donors (Lipinski definition) is 0. The molecule has 0 amide bonds. The summed E-state index contributed by atoms with van der Waals surface area (Å²) in [5.41, 5.74) is 3.14. The van der Waals surface area contributed by atoms with E-state index in [0.717, 1.165) is 25.2 Å². The molecular formula is C18H20N4. The van der Waals surface area contributed by atoms with Gasteiger partial charge < -0.3 is 9.80 Å². The number of hydrogen-bond acceptors (Lipinski definition) is 4. The standard InChI is InChI=1S/C18H20N4/c1-21(2)16-8-3-6-14(12-16)17-9-5-11-22(17)18-15(13-19)7-4-10-20-18/h3-4,6-8,10,12,17H,5,9,11H2,1-2H3/t17-/m0/s1. The van der Waals surface area contributed by atoms with E-state index in [1.807, 2.05) is 12.1 Å². The van der Waals surface area contributed by atoms with E-state index in [4.69, 9.17) is 0 Å². The highest BCUT2D eigenvalue weighted by Gasteiger charge is 2.28. The number of benzene rings is 1. The van der Waals surface area contributed by atoms with Gasteiger partial charge >= 0.3 is 0 Å². The van der Waals surface area contributed by atoms with Gasteiger partial charge in [-0.2, -0.15) is 5.26 Å². The van der Waals surface area contributed by atoms with Crippen molar-refractivity contribution < 1.29 is 0 Å². The average molecular weight is 292 g/mol. The van der Waals surface area contributed by atoms with Gasteiger partial charge in [0.05, 0.1) is 11.6 Å². The van der Waals surface area contributed by atoms with Gasteiger partial charge in [0.15, 0.2) is 0 Å². The Hall–Kier alpha value is -2.54. The van der Waals surface area contributed by atoms with E-state index in [2.05, 4.69) is 59.2 Å². The van der Waals surface area contributed by atoms with Crippen molar-refractivity contribution >= 4 is 11.5 Å². The molecular weight excluding hydrogens is 272 g/mol. The lowest BCUT2D eigenvalue weighted by atomic mass is 10.0. The second-order valence-electron chi connectivity index (χ2n) is 5.83. The molecule has 1 fully saturated rings. The third-order valence-electron chi connectivity index (χ3n) is 4.20. The van der Waals surface area contributed by atoms with Gasteiger partial charge in [0.2, 0.25) is 0 Å². The SMILES string of the molecule is CN(C)c1cccc([C@@H]2CCCN2c2ncccc2C#N)c1. The molecule has 0 saturated carbocycles. The largest absolute Gasteiger partial charge is 0.378 e. The van der Waals surface area contributed by atoms with Crippen LogP contribution in [0.2, 0.25) is 0 Å². The molecule has 0 spiro atoms. The summed E-state index contributed by atoms with van der Waals surface area (Å²) in [4.78, 5) is 8.84. The van der Waals surface area contributed by atoms with E-state index >= 15 is 0 Å². The van der Waals surface area contributed by atoms with Crippen LogP contribution in [0.5, 0.6) is 0 Å². The van der Waals surface area contributed by atoms with Crippen molar-refractivity contribution in [1.82, 2.24) is 4.98 Å². The molecule has 0 radical (unpaired) electrons. The maximum atomic E-state index is 9.33. The topological polar surface area (TPSA) is 43.2 Å². The highest BCUT2D eigenvalue weighted by Crippen LogP contribution is 2.37. The first-order valence-electron chi connectivity index (χ1n) is 7.60. The molecule has 1 aliphatic rings. The maximum Gasteiger partial charge on any atom is 0.146 e. The minimum atomic E-state index is 0.293. The molecule has 3 rings (SSSR count). The van der Waals surface area contributed by atoms with E-state index in [-0.39, 0.29) is 0 Å². The number of rotatable bonds is 3. The van der Waals surface area contributed by atoms with Gasteiger partial charge in [0, 0.05) is 32.5 Å². The van der Waals surface area contributed by atoms with E-state index < -0.39 is 0 Å². The van der Waals surface area contributed by atoms with Gasteiger partial charge in [-0.15, -0.1) is 0 Å². The summed E-state index contributed by atoms with van der Waals surface area (Å²) in [5.74, 6) is 0.808. The Kier molecular flexibility index (Phi) is 3.97. The molecule has 1 aromatic carbocycles. The Morgan fingerprint density at radius 3 is 2.91 bits per heavy atom. The number of anilines is 2. The molecule has 1 saturated heterocycles. The highest BCUT2D eigenvalue weighted by molar-refractivity contribution is 5.57. The molecule has 0 aliphatic carbocycles. The van der Waals surface area contributed by atoms with Gasteiger partial charge in [-0.3, -0.25) is 0 Å². The van der Waals surface area contributed by atoms with Crippen molar-refractivity contribution in [2.24, 2.45) is 0 Å². The molecule has 1 atom stereocenters. The quantitative estimate of drug-likeness (QED) is 0.870. The van der Waals surface area contributed by atoms with Gasteiger partial charge in [-0.05, 0) is 42.7 Å². The summed E-state index contributed by atoms with van der Waals surface area (Å²) < 4.78 is 0. The van der Waals surface area contributed by atoms with Gasteiger partial charge in [0.1, 0.15) is 11.9 Å². The van der Waals surface area contributed by atoms with Crippen LogP contribution in [0.4, 0.5) is 11.5 Å². The Morgan fingerprint density at radius 1 is 1.27 bits per heavy atom. The van der Waals surface area contributed by atoms with Crippen LogP contribution in [-0.4, -0.2) is 25.6 Å². The van der Waals surface area contributed by atoms with Crippen LogP contribution in [0, 0.1) is 11.3 Å². The van der Waals surface area contributed by atoms with Gasteiger partial charge in [-0.25, -0.2) is 4.98 Å². The van der Waals surface area contributed by atoms with E-state index in [0.29, 0.717) is 11.6 Å². The molecule has 112 valence electrons. The lowest BCUT2D eigenvalue weighted by molar-refractivity contribution is 0.711. The van der Waals surface area contributed by atoms with Crippen LogP contribution < -0.4 is 9.80 Å². The van der Waals surface area contributed by atoms with Crippen LogP contribution >= 0.6 is 0 Å². The van der Waals surface area contributed by atoms with Crippen LogP contribution in [0.1, 0.15) is 30.0 Å². The van der Waals surface area contributed by atoms with E-state index in [1.54, 1.807) is 6.20 Å². The van der Waals surface area contributed by atoms with Crippen molar-refractivity contribution in [2.75, 3.05) is 30.4 Å². The number of aromatic nitrogens is 1. The molecule has 1 aliphatic heterocycles. The summed E-state index contributed by atoms with van der Waals surface area (Å²) in [6, 6.07) is 14.8. The molecule has 1 aromatic heterocycles. The van der Waals surface area contributed by atoms with E-state index in [9.17, 15) is 5.26 Å². The van der Waals surface area contributed by atoms with Crippen LogP contribution in [-0.2, 0) is 0 Å². The zero-order chi connectivity index (χ0) is 15.5. The Balaban J connectivity index is 1.97. The lowest BCUT2D eigenvalue weighted by Gasteiger charge is -2.27. The number of pyridine rings is 1. The van der Waals surface area contributed by atoms with Crippen LogP contribution in [0.15, 0.2) is 42.6 Å². The normalized spacial score (nSPS) is 17.3. The Labute approximate surface area is 131 Å². The molecule has 22 heavy (non-hydrogen) atoms. The number of nitrogens with zero attached hydrogens (tertiary/aromatic N) is 4. The fourth-order valence-electron chi connectivity index (χ4n) is 3.09. The van der Waals surface area contributed by atoms with Crippen molar-refractivity contribution in [1.29, 1.82) is 5.26 Å². The van der Waals surface area contributed by atoms with E-state index in [1.165, 1.54) is 11.3 Å². The summed E-state index contributed by atoms with van der Waals surface area (Å²) in [5, 5.41) is 9.33. The highest BCUT2D eigenvalue weighted by atomic mass is 15.2. The second-order valence-corrected chi connectivity index (χ2v) is 5.83. The Morgan fingerprint density at radius 2 is 2.14 bits per heavy atom. The monoisotopic (exact) mass is 292 g/mol. The van der Waals surface area contributed by atoms with Crippen LogP contribution in [0.3, 0.4) is 0 Å². The first-order chi connectivity index (χ1) is 10.7.